The quantitative estimate of drug-likeness (QED) is 0.192. The van der Waals surface area contributed by atoms with Crippen molar-refractivity contribution in [2.24, 2.45) is 23.7 Å². The molecule has 1 aromatic heterocycles. The molecule has 8 rings (SSSR count). The standard InChI is InChI=1S/C38H32FN3O5S/c1-21-12-14-23(15-13-21)40-42-35(45)29-19-28-25(16-17-26-31(28)36(46)41(34(26)44)20-24-9-6-18-48-24)32(27-10-5-11-30(39)33(27)43)38(29,37(42)47)22-7-3-2-4-8-22/h2-16,18,26,28-29,31-32,40,43H,17,19-20H2,1H3. The van der Waals surface area contributed by atoms with Gasteiger partial charge in [-0.05, 0) is 60.9 Å². The van der Waals surface area contributed by atoms with E-state index in [0.29, 0.717) is 16.8 Å². The molecule has 2 aliphatic carbocycles. The molecule has 0 radical (unpaired) electrons. The van der Waals surface area contributed by atoms with Crippen molar-refractivity contribution in [1.29, 1.82) is 0 Å². The summed E-state index contributed by atoms with van der Waals surface area (Å²) >= 11 is 1.47. The van der Waals surface area contributed by atoms with Crippen molar-refractivity contribution in [3.8, 4) is 5.75 Å². The van der Waals surface area contributed by atoms with Crippen LogP contribution in [0.5, 0.6) is 5.75 Å². The van der Waals surface area contributed by atoms with Gasteiger partial charge in [0.2, 0.25) is 11.8 Å². The number of hydrogen-bond acceptors (Lipinski definition) is 7. The number of phenols is 1. The van der Waals surface area contributed by atoms with Crippen molar-refractivity contribution < 1.29 is 28.7 Å². The molecule has 10 heteroatoms. The number of aryl methyl sites for hydroxylation is 1. The predicted molar refractivity (Wildman–Crippen MR) is 177 cm³/mol. The van der Waals surface area contributed by atoms with Crippen LogP contribution in [0.3, 0.4) is 0 Å². The average Bonchev–Trinajstić information content (AvgIpc) is 3.76. The second-order valence-corrected chi connectivity index (χ2v) is 14.1. The number of likely N-dealkylation sites (tertiary alicyclic amines) is 1. The zero-order valence-electron chi connectivity index (χ0n) is 26.0. The Kier molecular flexibility index (Phi) is 7.10. The fraction of sp³-hybridized carbons (Fsp3) is 0.263. The van der Waals surface area contributed by atoms with Gasteiger partial charge < -0.3 is 5.11 Å². The molecule has 48 heavy (non-hydrogen) atoms. The SMILES string of the molecule is Cc1ccc(NN2C(=O)C3CC4C(=CCC5C(=O)N(Cc6cccs6)C(=O)C54)C(c4cccc(F)c4O)C3(c3ccccc3)C2=O)cc1. The number of nitrogens with zero attached hydrogens (tertiary/aromatic N) is 2. The lowest BCUT2D eigenvalue weighted by Crippen LogP contribution is -2.53. The molecule has 2 N–H and O–H groups in total. The van der Waals surface area contributed by atoms with Crippen LogP contribution in [0.2, 0.25) is 0 Å². The molecule has 2 aliphatic heterocycles. The molecule has 242 valence electrons. The molecule has 0 spiro atoms. The lowest BCUT2D eigenvalue weighted by atomic mass is 9.49. The normalized spacial score (nSPS) is 27.9. The van der Waals surface area contributed by atoms with Gasteiger partial charge in [0, 0.05) is 16.4 Å². The summed E-state index contributed by atoms with van der Waals surface area (Å²) in [6.45, 7) is 2.10. The van der Waals surface area contributed by atoms with Crippen molar-refractivity contribution in [1.82, 2.24) is 9.91 Å². The van der Waals surface area contributed by atoms with Crippen LogP contribution in [-0.2, 0) is 31.1 Å². The Morgan fingerprint density at radius 3 is 2.40 bits per heavy atom. The van der Waals surface area contributed by atoms with Gasteiger partial charge in [-0.15, -0.1) is 11.3 Å². The molecule has 4 amide bonds. The maximum Gasteiger partial charge on any atom is 0.260 e. The van der Waals surface area contributed by atoms with E-state index in [0.717, 1.165) is 21.5 Å². The molecular weight excluding hydrogens is 629 g/mol. The molecule has 4 aliphatic rings. The van der Waals surface area contributed by atoms with Crippen LogP contribution in [0.4, 0.5) is 10.1 Å². The van der Waals surface area contributed by atoms with Crippen molar-refractivity contribution in [3.63, 3.8) is 0 Å². The maximum absolute atomic E-state index is 15.2. The zero-order valence-corrected chi connectivity index (χ0v) is 26.8. The molecule has 1 saturated carbocycles. The molecule has 6 atom stereocenters. The van der Waals surface area contributed by atoms with E-state index in [1.807, 2.05) is 48.7 Å². The van der Waals surface area contributed by atoms with Crippen LogP contribution in [0.25, 0.3) is 0 Å². The highest BCUT2D eigenvalue weighted by Crippen LogP contribution is 2.65. The molecule has 4 aromatic rings. The number of allylic oxidation sites excluding steroid dienone is 2. The second kappa shape index (κ2) is 11.3. The minimum Gasteiger partial charge on any atom is -0.505 e. The fourth-order valence-corrected chi connectivity index (χ4v) is 9.33. The van der Waals surface area contributed by atoms with Gasteiger partial charge in [-0.3, -0.25) is 29.5 Å². The first-order valence-electron chi connectivity index (χ1n) is 16.0. The second-order valence-electron chi connectivity index (χ2n) is 13.1. The van der Waals surface area contributed by atoms with Gasteiger partial charge in [-0.2, -0.15) is 5.01 Å². The van der Waals surface area contributed by atoms with Crippen LogP contribution < -0.4 is 5.43 Å². The summed E-state index contributed by atoms with van der Waals surface area (Å²) in [7, 11) is 0. The fourth-order valence-electron chi connectivity index (χ4n) is 8.64. The Bertz CT molecular complexity index is 2000. The molecule has 8 nitrogen and oxygen atoms in total. The number of carbonyl (C=O) groups excluding carboxylic acids is 4. The number of anilines is 1. The van der Waals surface area contributed by atoms with Gasteiger partial charge in [0.1, 0.15) is 0 Å². The molecular formula is C38H32FN3O5S. The van der Waals surface area contributed by atoms with Gasteiger partial charge in [-0.1, -0.05) is 77.9 Å². The number of aromatic hydroxyl groups is 1. The number of thiophene rings is 1. The Labute approximate surface area is 280 Å². The zero-order chi connectivity index (χ0) is 33.3. The average molecular weight is 662 g/mol. The van der Waals surface area contributed by atoms with Crippen LogP contribution in [0.1, 0.15) is 40.3 Å². The Balaban J connectivity index is 1.31. The number of rotatable bonds is 6. The largest absolute Gasteiger partial charge is 0.505 e. The van der Waals surface area contributed by atoms with Gasteiger partial charge in [-0.25, -0.2) is 4.39 Å². The van der Waals surface area contributed by atoms with Crippen LogP contribution >= 0.6 is 11.3 Å². The van der Waals surface area contributed by atoms with E-state index in [1.165, 1.54) is 22.3 Å². The summed E-state index contributed by atoms with van der Waals surface area (Å²) < 4.78 is 15.2. The van der Waals surface area contributed by atoms with E-state index in [4.69, 9.17) is 0 Å². The topological polar surface area (TPSA) is 107 Å². The minimum absolute atomic E-state index is 0.122. The molecule has 3 aromatic carbocycles. The minimum atomic E-state index is -1.58. The first kappa shape index (κ1) is 30.3. The molecule has 2 saturated heterocycles. The molecule has 6 unspecified atom stereocenters. The highest BCUT2D eigenvalue weighted by atomic mass is 32.1. The van der Waals surface area contributed by atoms with E-state index < -0.39 is 58.4 Å². The van der Waals surface area contributed by atoms with Crippen molar-refractivity contribution in [2.75, 3.05) is 5.43 Å². The monoisotopic (exact) mass is 661 g/mol. The number of nitrogens with one attached hydrogen (secondary N) is 1. The Hall–Kier alpha value is -5.09. The van der Waals surface area contributed by atoms with Crippen molar-refractivity contribution in [3.05, 3.63) is 129 Å². The lowest BCUT2D eigenvalue weighted by Gasteiger charge is -2.50. The maximum atomic E-state index is 15.2. The summed E-state index contributed by atoms with van der Waals surface area (Å²) in [5.41, 5.74) is 4.36. The number of para-hydroxylation sites is 1. The highest BCUT2D eigenvalue weighted by Gasteiger charge is 2.70. The number of amides is 4. The molecule has 3 fully saturated rings. The summed E-state index contributed by atoms with van der Waals surface area (Å²) in [5.74, 6) is -7.03. The van der Waals surface area contributed by atoms with Crippen LogP contribution in [0, 0.1) is 36.4 Å². The van der Waals surface area contributed by atoms with Gasteiger partial charge >= 0.3 is 0 Å². The first-order valence-corrected chi connectivity index (χ1v) is 16.9. The number of imide groups is 2. The van der Waals surface area contributed by atoms with Crippen molar-refractivity contribution >= 4 is 40.7 Å². The lowest BCUT2D eigenvalue weighted by molar-refractivity contribution is -0.141. The number of fused-ring (bicyclic) bond motifs is 4. The predicted octanol–water partition coefficient (Wildman–Crippen LogP) is 6.09. The number of hydrazine groups is 1. The summed E-state index contributed by atoms with van der Waals surface area (Å²) in [6, 6.07) is 24.2. The number of phenolic OH excluding ortho intramolecular Hbond substituents is 1. The molecule has 0 bridgehead atoms. The van der Waals surface area contributed by atoms with E-state index >= 15 is 9.18 Å². The third-order valence-electron chi connectivity index (χ3n) is 10.7. The van der Waals surface area contributed by atoms with Crippen LogP contribution in [0.15, 0.2) is 102 Å². The number of benzene rings is 3. The van der Waals surface area contributed by atoms with E-state index in [2.05, 4.69) is 5.43 Å². The third kappa shape index (κ3) is 4.31. The Morgan fingerprint density at radius 1 is 0.896 bits per heavy atom. The first-order chi connectivity index (χ1) is 23.2. The molecule has 3 heterocycles. The number of carbonyl (C=O) groups is 4. The third-order valence-corrected chi connectivity index (χ3v) is 11.6. The van der Waals surface area contributed by atoms with Gasteiger partial charge in [0.15, 0.2) is 11.6 Å². The van der Waals surface area contributed by atoms with Crippen molar-refractivity contribution in [2.45, 2.75) is 37.6 Å². The number of hydrogen-bond donors (Lipinski definition) is 2. The van der Waals surface area contributed by atoms with Gasteiger partial charge in [0.25, 0.3) is 11.8 Å². The summed E-state index contributed by atoms with van der Waals surface area (Å²) in [6.07, 6.45) is 2.27. The van der Waals surface area contributed by atoms with E-state index in [9.17, 15) is 19.5 Å². The Morgan fingerprint density at radius 2 is 1.67 bits per heavy atom. The summed E-state index contributed by atoms with van der Waals surface area (Å²) in [5, 5.41) is 14.3. The van der Waals surface area contributed by atoms with E-state index in [-0.39, 0.29) is 36.8 Å². The summed E-state index contributed by atoms with van der Waals surface area (Å²) in [4.78, 5) is 59.9. The van der Waals surface area contributed by atoms with E-state index in [1.54, 1.807) is 42.5 Å². The smallest absolute Gasteiger partial charge is 0.260 e. The van der Waals surface area contributed by atoms with Crippen LogP contribution in [-0.4, -0.2) is 38.6 Å². The number of halogens is 1. The highest BCUT2D eigenvalue weighted by molar-refractivity contribution is 7.09. The van der Waals surface area contributed by atoms with Gasteiger partial charge in [0.05, 0.1) is 35.4 Å².